The van der Waals surface area contributed by atoms with E-state index in [0.717, 1.165) is 51.4 Å². The van der Waals surface area contributed by atoms with Crippen LogP contribution in [0.3, 0.4) is 0 Å². The summed E-state index contributed by atoms with van der Waals surface area (Å²) in [5.41, 5.74) is 0. The van der Waals surface area contributed by atoms with Crippen LogP contribution in [0.4, 0.5) is 0 Å². The SMILES string of the molecule is CCCCCCC/C=C\C/C=C\C/C=C\CCCCCCCCCCCCCCCCCCCCC(=O)NC(COP(=O)([O-])OCC[N+](C)(C)C)C(O)C(O)CCCCCCCCCCCCCC. The van der Waals surface area contributed by atoms with Gasteiger partial charge in [-0.05, 0) is 51.4 Å². The molecule has 0 aliphatic heterocycles. The lowest BCUT2D eigenvalue weighted by molar-refractivity contribution is -0.870. The molecule has 10 heteroatoms. The van der Waals surface area contributed by atoms with Crippen molar-refractivity contribution >= 4 is 13.7 Å². The van der Waals surface area contributed by atoms with E-state index in [1.54, 1.807) is 0 Å². The Bertz CT molecular complexity index is 1240. The second-order valence-electron chi connectivity index (χ2n) is 21.5. The fraction of sp³-hybridized carbons (Fsp3) is 0.881. The maximum atomic E-state index is 13.0. The summed E-state index contributed by atoms with van der Waals surface area (Å²) in [5.74, 6) is -0.275. The lowest BCUT2D eigenvalue weighted by Gasteiger charge is -2.31. The fourth-order valence-electron chi connectivity index (χ4n) is 8.79. The summed E-state index contributed by atoms with van der Waals surface area (Å²) in [6.07, 6.45) is 60.7. The predicted octanol–water partition coefficient (Wildman–Crippen LogP) is 16.1. The number of aliphatic hydroxyl groups is 2. The summed E-state index contributed by atoms with van der Waals surface area (Å²) in [6, 6.07) is -1.07. The molecule has 3 N–H and O–H groups in total. The molecule has 4 unspecified atom stereocenters. The van der Waals surface area contributed by atoms with Crippen LogP contribution in [0.5, 0.6) is 0 Å². The Kier molecular flexibility index (Phi) is 49.3. The molecule has 0 saturated carbocycles. The normalized spacial score (nSPS) is 14.6. The molecule has 0 heterocycles. The summed E-state index contributed by atoms with van der Waals surface area (Å²) in [7, 11) is 1.13. The second-order valence-corrected chi connectivity index (χ2v) is 22.9. The van der Waals surface area contributed by atoms with Crippen LogP contribution >= 0.6 is 7.82 Å². The summed E-state index contributed by atoms with van der Waals surface area (Å²) >= 11 is 0. The van der Waals surface area contributed by atoms with E-state index in [-0.39, 0.29) is 18.9 Å². The van der Waals surface area contributed by atoms with Crippen molar-refractivity contribution in [3.63, 3.8) is 0 Å². The van der Waals surface area contributed by atoms with Crippen LogP contribution in [0.2, 0.25) is 0 Å². The van der Waals surface area contributed by atoms with Crippen LogP contribution in [0.1, 0.15) is 277 Å². The highest BCUT2D eigenvalue weighted by Gasteiger charge is 2.29. The number of nitrogens with zero attached hydrogens (tertiary/aromatic N) is 1. The van der Waals surface area contributed by atoms with E-state index in [0.29, 0.717) is 17.4 Å². The Hall–Kier alpha value is -1.32. The van der Waals surface area contributed by atoms with E-state index in [1.165, 1.54) is 199 Å². The van der Waals surface area contributed by atoms with Crippen molar-refractivity contribution in [2.45, 2.75) is 295 Å². The smallest absolute Gasteiger partial charge is 0.268 e. The Morgan fingerprint density at radius 2 is 0.870 bits per heavy atom. The number of carbonyl (C=O) groups is 1. The topological polar surface area (TPSA) is 128 Å². The molecule has 0 aliphatic carbocycles. The van der Waals surface area contributed by atoms with Crippen LogP contribution in [-0.4, -0.2) is 79.8 Å². The minimum Gasteiger partial charge on any atom is -0.756 e. The average Bonchev–Trinajstić information content (AvgIpc) is 3.31. The van der Waals surface area contributed by atoms with Crippen molar-refractivity contribution in [1.82, 2.24) is 5.32 Å². The number of hydrogen-bond acceptors (Lipinski definition) is 7. The molecule has 408 valence electrons. The maximum absolute atomic E-state index is 13.0. The molecule has 0 aromatic carbocycles. The summed E-state index contributed by atoms with van der Waals surface area (Å²) in [4.78, 5) is 25.5. The zero-order valence-corrected chi connectivity index (χ0v) is 47.0. The van der Waals surface area contributed by atoms with Gasteiger partial charge in [0.1, 0.15) is 19.3 Å². The number of phosphoric ester groups is 1. The van der Waals surface area contributed by atoms with Gasteiger partial charge in [-0.15, -0.1) is 0 Å². The number of rotatable bonds is 54. The van der Waals surface area contributed by atoms with Gasteiger partial charge in [-0.25, -0.2) is 0 Å². The van der Waals surface area contributed by atoms with Gasteiger partial charge in [0, 0.05) is 6.42 Å². The third-order valence-electron chi connectivity index (χ3n) is 13.5. The largest absolute Gasteiger partial charge is 0.756 e. The van der Waals surface area contributed by atoms with Gasteiger partial charge in [0.2, 0.25) is 5.91 Å². The Morgan fingerprint density at radius 3 is 1.26 bits per heavy atom. The van der Waals surface area contributed by atoms with E-state index in [4.69, 9.17) is 9.05 Å². The van der Waals surface area contributed by atoms with Gasteiger partial charge >= 0.3 is 0 Å². The van der Waals surface area contributed by atoms with Gasteiger partial charge in [0.25, 0.3) is 7.82 Å². The second kappa shape index (κ2) is 50.2. The van der Waals surface area contributed by atoms with E-state index in [9.17, 15) is 24.5 Å². The molecular weight excluding hydrogens is 880 g/mol. The number of nitrogens with one attached hydrogen (secondary N) is 1. The number of carbonyl (C=O) groups excluding carboxylic acids is 1. The van der Waals surface area contributed by atoms with Gasteiger partial charge < -0.3 is 34.0 Å². The molecule has 0 aromatic rings. The molecule has 0 rings (SSSR count). The summed E-state index contributed by atoms with van der Waals surface area (Å²) in [6.45, 7) is 4.45. The monoisotopic (exact) mass is 995 g/mol. The Labute approximate surface area is 428 Å². The van der Waals surface area contributed by atoms with Crippen LogP contribution in [0.15, 0.2) is 36.5 Å². The van der Waals surface area contributed by atoms with Crippen molar-refractivity contribution in [2.75, 3.05) is 40.9 Å². The first-order valence-electron chi connectivity index (χ1n) is 29.4. The molecule has 0 saturated heterocycles. The molecule has 9 nitrogen and oxygen atoms in total. The van der Waals surface area contributed by atoms with Gasteiger partial charge in [0.05, 0.1) is 39.9 Å². The van der Waals surface area contributed by atoms with Crippen molar-refractivity contribution < 1.29 is 38.0 Å². The number of quaternary nitrogens is 1. The first kappa shape index (κ1) is 67.7. The number of hydrogen-bond donors (Lipinski definition) is 3. The Balaban J connectivity index is 4.06. The molecule has 0 aliphatic rings. The summed E-state index contributed by atoms with van der Waals surface area (Å²) in [5, 5.41) is 24.8. The lowest BCUT2D eigenvalue weighted by Crippen LogP contribution is -2.51. The molecule has 1 amide bonds. The van der Waals surface area contributed by atoms with Crippen LogP contribution in [0, 0.1) is 0 Å². The first-order chi connectivity index (χ1) is 33.4. The molecule has 0 bridgehead atoms. The lowest BCUT2D eigenvalue weighted by atomic mass is 9.99. The molecule has 4 atom stereocenters. The number of aliphatic hydroxyl groups excluding tert-OH is 2. The number of amides is 1. The third kappa shape index (κ3) is 51.4. The maximum Gasteiger partial charge on any atom is 0.268 e. The van der Waals surface area contributed by atoms with Gasteiger partial charge in [-0.1, -0.05) is 256 Å². The molecular formula is C59H115N2O7P. The number of likely N-dealkylation sites (N-methyl/N-ethyl adjacent to an activating group) is 1. The van der Waals surface area contributed by atoms with E-state index >= 15 is 0 Å². The van der Waals surface area contributed by atoms with Gasteiger partial charge in [0.15, 0.2) is 0 Å². The van der Waals surface area contributed by atoms with E-state index < -0.39 is 32.7 Å². The minimum absolute atomic E-state index is 0.0394. The number of unbranched alkanes of at least 4 members (excludes halogenated alkanes) is 34. The van der Waals surface area contributed by atoms with Crippen LogP contribution in [-0.2, 0) is 18.4 Å². The Morgan fingerprint density at radius 1 is 0.522 bits per heavy atom. The molecule has 0 spiro atoms. The fourth-order valence-corrected chi connectivity index (χ4v) is 9.52. The molecule has 0 radical (unpaired) electrons. The van der Waals surface area contributed by atoms with Crippen molar-refractivity contribution in [1.29, 1.82) is 0 Å². The highest BCUT2D eigenvalue weighted by molar-refractivity contribution is 7.45. The van der Waals surface area contributed by atoms with Crippen LogP contribution in [0.25, 0.3) is 0 Å². The first-order valence-corrected chi connectivity index (χ1v) is 30.9. The average molecular weight is 996 g/mol. The zero-order chi connectivity index (χ0) is 50.8. The van der Waals surface area contributed by atoms with Crippen molar-refractivity contribution in [3.05, 3.63) is 36.5 Å². The number of phosphoric acid groups is 1. The standard InChI is InChI=1S/C59H115N2O7P/c1-6-8-10-12-14-16-18-20-21-22-23-24-25-26-27-28-29-30-31-32-33-34-35-36-37-38-39-40-42-44-46-48-50-52-58(63)60-56(55-68-69(65,66)67-54-53-61(3,4)5)59(64)57(62)51-49-47-45-43-41-19-17-15-13-11-9-7-2/h18,20,22-23,25-26,56-57,59,62,64H,6-17,19,21,24,27-55H2,1-5H3,(H-,60,63,65,66)/b20-18-,23-22-,26-25-. The quantitative estimate of drug-likeness (QED) is 0.0240. The van der Waals surface area contributed by atoms with Gasteiger partial charge in [-0.2, -0.15) is 0 Å². The van der Waals surface area contributed by atoms with Crippen LogP contribution < -0.4 is 10.2 Å². The van der Waals surface area contributed by atoms with E-state index in [1.807, 2.05) is 21.1 Å². The molecule has 0 fully saturated rings. The molecule has 69 heavy (non-hydrogen) atoms. The van der Waals surface area contributed by atoms with Crippen molar-refractivity contribution in [2.24, 2.45) is 0 Å². The number of allylic oxidation sites excluding steroid dienone is 6. The minimum atomic E-state index is -4.67. The zero-order valence-electron chi connectivity index (χ0n) is 46.1. The third-order valence-corrected chi connectivity index (χ3v) is 14.4. The van der Waals surface area contributed by atoms with E-state index in [2.05, 4.69) is 55.6 Å². The highest BCUT2D eigenvalue weighted by atomic mass is 31.2. The predicted molar refractivity (Wildman–Crippen MR) is 294 cm³/mol. The van der Waals surface area contributed by atoms with Crippen molar-refractivity contribution in [3.8, 4) is 0 Å². The van der Waals surface area contributed by atoms with Gasteiger partial charge in [-0.3, -0.25) is 9.36 Å². The summed E-state index contributed by atoms with van der Waals surface area (Å²) < 4.78 is 23.3. The highest BCUT2D eigenvalue weighted by Crippen LogP contribution is 2.38. The molecule has 0 aromatic heterocycles.